The molecule has 5 rings (SSSR count). The molecule has 25 heavy (non-hydrogen) atoms. The number of rotatable bonds is 1. The normalized spacial score (nSPS) is 33.3. The van der Waals surface area contributed by atoms with Gasteiger partial charge < -0.3 is 10.4 Å². The predicted octanol–water partition coefficient (Wildman–Crippen LogP) is 2.86. The van der Waals surface area contributed by atoms with Crippen LogP contribution in [0.1, 0.15) is 32.3 Å². The second-order valence-corrected chi connectivity index (χ2v) is 7.29. The van der Waals surface area contributed by atoms with Gasteiger partial charge in [-0.3, -0.25) is 9.69 Å². The molecule has 2 fully saturated rings. The summed E-state index contributed by atoms with van der Waals surface area (Å²) in [6.07, 6.45) is 5.55. The molecule has 0 unspecified atom stereocenters. The van der Waals surface area contributed by atoms with Crippen LogP contribution in [0.2, 0.25) is 0 Å². The number of anilines is 1. The van der Waals surface area contributed by atoms with E-state index >= 15 is 0 Å². The number of allylic oxidation sites excluding steroid dienone is 2. The molecule has 1 aromatic rings. The molecule has 0 amide bonds. The summed E-state index contributed by atoms with van der Waals surface area (Å²) in [5, 5.41) is 11.2. The van der Waals surface area contributed by atoms with E-state index in [9.17, 15) is 4.79 Å². The zero-order chi connectivity index (χ0) is 17.6. The van der Waals surface area contributed by atoms with Crippen LogP contribution in [-0.2, 0) is 10.2 Å². The van der Waals surface area contributed by atoms with Crippen molar-refractivity contribution in [3.8, 4) is 0 Å². The number of aldehydes is 1. The number of benzene rings is 1. The van der Waals surface area contributed by atoms with Crippen LogP contribution >= 0.6 is 0 Å². The van der Waals surface area contributed by atoms with Crippen molar-refractivity contribution < 1.29 is 9.90 Å². The first-order chi connectivity index (χ1) is 12.2. The maximum Gasteiger partial charge on any atom is 0.148 e. The third-order valence-corrected chi connectivity index (χ3v) is 6.37. The number of fused-ring (bicyclic) bond motifs is 2. The first-order valence-corrected chi connectivity index (χ1v) is 9.27. The third kappa shape index (κ3) is 2.10. The Hall–Kier alpha value is -1.91. The first-order valence-electron chi connectivity index (χ1n) is 9.27. The summed E-state index contributed by atoms with van der Waals surface area (Å²) in [5.41, 5.74) is 6.25. The van der Waals surface area contributed by atoms with E-state index in [-0.39, 0.29) is 12.0 Å². The lowest BCUT2D eigenvalue weighted by molar-refractivity contribution is -0.105. The molecule has 4 aliphatic rings. The minimum absolute atomic E-state index is 0.0304. The summed E-state index contributed by atoms with van der Waals surface area (Å²) in [6, 6.07) is 9.16. The minimum Gasteiger partial charge on any atom is -0.397 e. The highest BCUT2D eigenvalue weighted by Gasteiger charge is 2.60. The zero-order valence-corrected chi connectivity index (χ0v) is 15.0. The average molecular weight is 338 g/mol. The lowest BCUT2D eigenvalue weighted by Gasteiger charge is -2.48. The second-order valence-electron chi connectivity index (χ2n) is 7.29. The first kappa shape index (κ1) is 16.6. The fourth-order valence-electron chi connectivity index (χ4n) is 5.44. The number of hydrogen-bond donors (Lipinski definition) is 2. The fourth-order valence-corrected chi connectivity index (χ4v) is 5.44. The number of carbonyl (C=O) groups is 1. The van der Waals surface area contributed by atoms with Crippen molar-refractivity contribution in [2.24, 2.45) is 5.92 Å². The number of carbonyl (C=O) groups excluding carboxylic acids is 1. The van der Waals surface area contributed by atoms with E-state index in [4.69, 9.17) is 5.11 Å². The predicted molar refractivity (Wildman–Crippen MR) is 99.4 cm³/mol. The van der Waals surface area contributed by atoms with Gasteiger partial charge in [-0.25, -0.2) is 0 Å². The van der Waals surface area contributed by atoms with Gasteiger partial charge in [0.2, 0.25) is 0 Å². The van der Waals surface area contributed by atoms with E-state index in [1.165, 1.54) is 22.5 Å². The molecule has 3 heterocycles. The van der Waals surface area contributed by atoms with Gasteiger partial charge >= 0.3 is 0 Å². The molecule has 1 aromatic carbocycles. The van der Waals surface area contributed by atoms with Gasteiger partial charge in [-0.15, -0.1) is 0 Å². The Morgan fingerprint density at radius 2 is 2.16 bits per heavy atom. The van der Waals surface area contributed by atoms with E-state index in [1.54, 1.807) is 6.92 Å². The molecule has 0 aromatic heterocycles. The molecule has 3 aliphatic heterocycles. The Balaban J connectivity index is 0.000000490. The number of hydrogen-bond acceptors (Lipinski definition) is 4. The quantitative estimate of drug-likeness (QED) is 0.611. The van der Waals surface area contributed by atoms with Crippen LogP contribution in [0.4, 0.5) is 5.69 Å². The molecule has 2 saturated heterocycles. The van der Waals surface area contributed by atoms with Gasteiger partial charge in [0.1, 0.15) is 6.29 Å². The number of aliphatic hydroxyl groups excluding tert-OH is 1. The lowest BCUT2D eigenvalue weighted by Crippen LogP contribution is -2.52. The van der Waals surface area contributed by atoms with E-state index in [0.717, 1.165) is 37.8 Å². The summed E-state index contributed by atoms with van der Waals surface area (Å²) in [4.78, 5) is 14.6. The monoisotopic (exact) mass is 338 g/mol. The van der Waals surface area contributed by atoms with Crippen LogP contribution in [0.25, 0.3) is 0 Å². The van der Waals surface area contributed by atoms with Crippen molar-refractivity contribution in [3.63, 3.8) is 0 Å². The van der Waals surface area contributed by atoms with Crippen LogP contribution in [-0.4, -0.2) is 42.0 Å². The van der Waals surface area contributed by atoms with Gasteiger partial charge in [-0.05, 0) is 38.3 Å². The molecule has 2 N–H and O–H groups in total. The molecule has 3 atom stereocenters. The van der Waals surface area contributed by atoms with E-state index in [2.05, 4.69) is 47.5 Å². The van der Waals surface area contributed by atoms with Gasteiger partial charge in [0.25, 0.3) is 0 Å². The molecule has 1 aliphatic carbocycles. The van der Waals surface area contributed by atoms with Crippen LogP contribution in [0.5, 0.6) is 0 Å². The second kappa shape index (κ2) is 6.11. The number of nitrogens with one attached hydrogen (secondary N) is 1. The highest BCUT2D eigenvalue weighted by atomic mass is 16.2. The highest BCUT2D eigenvalue weighted by molar-refractivity contribution is 5.84. The van der Waals surface area contributed by atoms with Crippen molar-refractivity contribution in [1.29, 1.82) is 0 Å². The number of piperidine rings is 1. The molecule has 2 bridgehead atoms. The number of para-hydroxylation sites is 1. The van der Waals surface area contributed by atoms with Crippen molar-refractivity contribution >= 4 is 12.0 Å². The summed E-state index contributed by atoms with van der Waals surface area (Å²) in [6.45, 7) is 6.19. The number of nitrogens with zero attached hydrogens (tertiary/aromatic N) is 1. The standard InChI is InChI=1S/C19H20N2O.C2H6O/c1-2-12-10-21-8-7-19-15-5-3-4-6-16(15)20-18(19)14(11-22)13(12)9-17(19)21;1-2-3/h2-6,11,13,17,20H,7-10H2,1H3;3H,2H2,1H3/b12-2-;/t13-,17-,19+;/m0./s1. The lowest BCUT2D eigenvalue weighted by atomic mass is 9.62. The van der Waals surface area contributed by atoms with Crippen LogP contribution in [0, 0.1) is 5.92 Å². The Morgan fingerprint density at radius 3 is 2.88 bits per heavy atom. The molecular weight excluding hydrogens is 312 g/mol. The average Bonchev–Trinajstić information content (AvgIpc) is 3.18. The molecule has 0 saturated carbocycles. The van der Waals surface area contributed by atoms with E-state index in [0.29, 0.717) is 12.0 Å². The van der Waals surface area contributed by atoms with Gasteiger partial charge in [0.05, 0.1) is 5.41 Å². The van der Waals surface area contributed by atoms with Gasteiger partial charge in [-0.2, -0.15) is 0 Å². The summed E-state index contributed by atoms with van der Waals surface area (Å²) in [5.74, 6) is 0.312. The van der Waals surface area contributed by atoms with Gasteiger partial charge in [-0.1, -0.05) is 29.8 Å². The topological polar surface area (TPSA) is 52.6 Å². The van der Waals surface area contributed by atoms with Gasteiger partial charge in [0.15, 0.2) is 0 Å². The van der Waals surface area contributed by atoms with Crippen molar-refractivity contribution in [3.05, 3.63) is 52.7 Å². The van der Waals surface area contributed by atoms with Crippen molar-refractivity contribution in [2.75, 3.05) is 25.0 Å². The molecule has 132 valence electrons. The van der Waals surface area contributed by atoms with Crippen molar-refractivity contribution in [2.45, 2.75) is 38.1 Å². The van der Waals surface area contributed by atoms with E-state index < -0.39 is 0 Å². The van der Waals surface area contributed by atoms with Gasteiger partial charge in [0, 0.05) is 48.6 Å². The molecule has 4 heteroatoms. The third-order valence-electron chi connectivity index (χ3n) is 6.37. The Morgan fingerprint density at radius 1 is 1.40 bits per heavy atom. The summed E-state index contributed by atoms with van der Waals surface area (Å²) in [7, 11) is 0. The zero-order valence-electron chi connectivity index (χ0n) is 15.0. The minimum atomic E-state index is 0.0304. The fraction of sp³-hybridized carbons (Fsp3) is 0.476. The molecule has 1 spiro atoms. The van der Waals surface area contributed by atoms with Crippen LogP contribution in [0.3, 0.4) is 0 Å². The molecule has 4 nitrogen and oxygen atoms in total. The molecular formula is C21H26N2O2. The maximum atomic E-state index is 11.9. The largest absolute Gasteiger partial charge is 0.397 e. The Bertz CT molecular complexity index is 767. The summed E-state index contributed by atoms with van der Waals surface area (Å²) >= 11 is 0. The SMILES string of the molecule is C/C=C1/CN2CC[C@]34C(=C(C=O)[C@H]1C[C@H]23)Nc1ccccc14.CCO. The maximum absolute atomic E-state index is 11.9. The smallest absolute Gasteiger partial charge is 0.148 e. The van der Waals surface area contributed by atoms with Crippen LogP contribution < -0.4 is 5.32 Å². The summed E-state index contributed by atoms with van der Waals surface area (Å²) < 4.78 is 0. The van der Waals surface area contributed by atoms with E-state index in [1.807, 2.05) is 0 Å². The number of aliphatic hydroxyl groups is 1. The van der Waals surface area contributed by atoms with Crippen LogP contribution in [0.15, 0.2) is 47.2 Å². The Kier molecular flexibility index (Phi) is 4.05. The van der Waals surface area contributed by atoms with Crippen molar-refractivity contribution in [1.82, 2.24) is 4.90 Å². The molecule has 0 radical (unpaired) electrons. The Labute approximate surface area is 149 Å². The highest BCUT2D eigenvalue weighted by Crippen LogP contribution is 2.60.